The van der Waals surface area contributed by atoms with Gasteiger partial charge in [-0.1, -0.05) is 23.4 Å². The van der Waals surface area contributed by atoms with E-state index in [4.69, 9.17) is 9.26 Å². The number of hydrogen-bond donors (Lipinski definition) is 0. The zero-order valence-electron chi connectivity index (χ0n) is 14.8. The number of aromatic nitrogens is 1. The van der Waals surface area contributed by atoms with Gasteiger partial charge < -0.3 is 9.26 Å². The summed E-state index contributed by atoms with van der Waals surface area (Å²) in [5, 5.41) is 3.86. The van der Waals surface area contributed by atoms with Gasteiger partial charge in [0.2, 0.25) is 0 Å². The summed E-state index contributed by atoms with van der Waals surface area (Å²) in [5.74, 6) is 0.781. The fourth-order valence-corrected chi connectivity index (χ4v) is 4.39. The van der Waals surface area contributed by atoms with E-state index < -0.39 is 10.0 Å². The summed E-state index contributed by atoms with van der Waals surface area (Å²) in [4.78, 5) is 0.0808. The molecule has 0 atom stereocenters. The molecule has 0 unspecified atom stereocenters. The maximum absolute atomic E-state index is 13.3. The normalized spacial score (nSPS) is 11.3. The molecule has 3 aromatic rings. The monoisotopic (exact) mass is 372 g/mol. The van der Waals surface area contributed by atoms with Crippen molar-refractivity contribution >= 4 is 15.7 Å². The highest BCUT2D eigenvalue weighted by Gasteiger charge is 2.28. The van der Waals surface area contributed by atoms with Crippen LogP contribution in [0.2, 0.25) is 0 Å². The molecule has 3 rings (SSSR count). The first-order valence-corrected chi connectivity index (χ1v) is 9.61. The summed E-state index contributed by atoms with van der Waals surface area (Å²) in [6.07, 6.45) is 0. The van der Waals surface area contributed by atoms with E-state index in [2.05, 4.69) is 5.16 Å². The number of hydrogen-bond acceptors (Lipinski definition) is 5. The van der Waals surface area contributed by atoms with E-state index >= 15 is 0 Å². The Balaban J connectivity index is 2.13. The van der Waals surface area contributed by atoms with Gasteiger partial charge in [-0.2, -0.15) is 0 Å². The first-order chi connectivity index (χ1) is 12.5. The van der Waals surface area contributed by atoms with Crippen LogP contribution in [0.3, 0.4) is 0 Å². The summed E-state index contributed by atoms with van der Waals surface area (Å²) in [6.45, 7) is 3.89. The van der Waals surface area contributed by atoms with Gasteiger partial charge in [0.05, 0.1) is 18.5 Å². The Hall–Kier alpha value is -2.80. The average Bonchev–Trinajstić information content (AvgIpc) is 3.09. The lowest BCUT2D eigenvalue weighted by molar-refractivity contribution is 0.402. The van der Waals surface area contributed by atoms with Gasteiger partial charge in [-0.25, -0.2) is 8.42 Å². The second-order valence-electron chi connectivity index (χ2n) is 5.70. The molecular formula is C19H20N2O4S. The Morgan fingerprint density at radius 2 is 1.85 bits per heavy atom. The molecule has 0 aliphatic carbocycles. The second kappa shape index (κ2) is 7.21. The summed E-state index contributed by atoms with van der Waals surface area (Å²) < 4.78 is 38.6. The molecule has 26 heavy (non-hydrogen) atoms. The van der Waals surface area contributed by atoms with Crippen LogP contribution in [0.1, 0.15) is 12.6 Å². The van der Waals surface area contributed by atoms with Crippen LogP contribution in [-0.4, -0.2) is 27.2 Å². The maximum Gasteiger partial charge on any atom is 0.268 e. The molecule has 1 heterocycles. The van der Waals surface area contributed by atoms with Crippen LogP contribution in [0.5, 0.6) is 5.75 Å². The van der Waals surface area contributed by atoms with Gasteiger partial charge >= 0.3 is 0 Å². The Morgan fingerprint density at radius 1 is 1.12 bits per heavy atom. The van der Waals surface area contributed by atoms with Gasteiger partial charge in [0, 0.05) is 18.2 Å². The molecular weight excluding hydrogens is 352 g/mol. The lowest BCUT2D eigenvalue weighted by Gasteiger charge is -2.24. The Labute approximate surface area is 153 Å². The number of aryl methyl sites for hydroxylation is 1. The van der Waals surface area contributed by atoms with Crippen LogP contribution in [-0.2, 0) is 10.0 Å². The highest BCUT2D eigenvalue weighted by molar-refractivity contribution is 7.93. The van der Waals surface area contributed by atoms with E-state index in [1.165, 1.54) is 11.4 Å². The van der Waals surface area contributed by atoms with E-state index in [0.29, 0.717) is 23.6 Å². The minimum atomic E-state index is -3.82. The summed E-state index contributed by atoms with van der Waals surface area (Å²) >= 11 is 0. The molecule has 6 nitrogen and oxygen atoms in total. The zero-order chi connectivity index (χ0) is 18.7. The van der Waals surface area contributed by atoms with Gasteiger partial charge in [-0.3, -0.25) is 4.31 Å². The Morgan fingerprint density at radius 3 is 2.42 bits per heavy atom. The van der Waals surface area contributed by atoms with Crippen LogP contribution in [0.25, 0.3) is 11.3 Å². The first kappa shape index (κ1) is 18.0. The van der Waals surface area contributed by atoms with E-state index in [1.807, 2.05) is 13.0 Å². The first-order valence-electron chi connectivity index (χ1n) is 8.17. The van der Waals surface area contributed by atoms with Gasteiger partial charge in [0.15, 0.2) is 5.76 Å². The molecule has 2 aromatic carbocycles. The fraction of sp³-hybridized carbons (Fsp3) is 0.211. The molecule has 136 valence electrons. The minimum Gasteiger partial charge on any atom is -0.495 e. The third-order valence-corrected chi connectivity index (χ3v) is 5.90. The molecule has 0 amide bonds. The quantitative estimate of drug-likeness (QED) is 0.657. The minimum absolute atomic E-state index is 0.0808. The van der Waals surface area contributed by atoms with Crippen molar-refractivity contribution in [3.8, 4) is 17.1 Å². The van der Waals surface area contributed by atoms with Crippen LogP contribution in [0, 0.1) is 6.92 Å². The SMILES string of the molecule is CCN(c1ccccc1)S(=O)(=O)c1cc(-c2cc(C)no2)ccc1OC. The van der Waals surface area contributed by atoms with Crippen molar-refractivity contribution in [2.45, 2.75) is 18.7 Å². The topological polar surface area (TPSA) is 72.6 Å². The Kier molecular flexibility index (Phi) is 4.99. The third-order valence-electron chi connectivity index (χ3n) is 3.98. The lowest BCUT2D eigenvalue weighted by atomic mass is 10.1. The number of methoxy groups -OCH3 is 1. The molecule has 0 N–H and O–H groups in total. The number of sulfonamides is 1. The molecule has 0 saturated heterocycles. The maximum atomic E-state index is 13.3. The van der Waals surface area contributed by atoms with Gasteiger partial charge in [-0.05, 0) is 44.2 Å². The number of para-hydroxylation sites is 1. The Bertz CT molecular complexity index is 997. The largest absolute Gasteiger partial charge is 0.495 e. The van der Waals surface area contributed by atoms with Crippen molar-refractivity contribution in [2.24, 2.45) is 0 Å². The van der Waals surface area contributed by atoms with Crippen molar-refractivity contribution in [1.82, 2.24) is 5.16 Å². The van der Waals surface area contributed by atoms with Crippen molar-refractivity contribution in [1.29, 1.82) is 0 Å². The molecule has 0 radical (unpaired) electrons. The van der Waals surface area contributed by atoms with E-state index in [9.17, 15) is 8.42 Å². The van der Waals surface area contributed by atoms with Crippen molar-refractivity contribution in [2.75, 3.05) is 18.0 Å². The molecule has 0 aliphatic rings. The van der Waals surface area contributed by atoms with E-state index in [0.717, 1.165) is 5.69 Å². The van der Waals surface area contributed by atoms with Gasteiger partial charge in [-0.15, -0.1) is 0 Å². The third kappa shape index (κ3) is 3.30. The predicted molar refractivity (Wildman–Crippen MR) is 99.9 cm³/mol. The second-order valence-corrected chi connectivity index (χ2v) is 7.53. The predicted octanol–water partition coefficient (Wildman–Crippen LogP) is 3.87. The highest BCUT2D eigenvalue weighted by atomic mass is 32.2. The highest BCUT2D eigenvalue weighted by Crippen LogP contribution is 2.33. The molecule has 0 aliphatic heterocycles. The molecule has 0 bridgehead atoms. The summed E-state index contributed by atoms with van der Waals surface area (Å²) in [6, 6.07) is 15.7. The van der Waals surface area contributed by atoms with Gasteiger partial charge in [0.25, 0.3) is 10.0 Å². The van der Waals surface area contributed by atoms with E-state index in [1.54, 1.807) is 55.5 Å². The molecule has 7 heteroatoms. The van der Waals surface area contributed by atoms with Gasteiger partial charge in [0.1, 0.15) is 10.6 Å². The molecule has 1 aromatic heterocycles. The zero-order valence-corrected chi connectivity index (χ0v) is 15.7. The summed E-state index contributed by atoms with van der Waals surface area (Å²) in [7, 11) is -2.37. The van der Waals surface area contributed by atoms with Crippen LogP contribution < -0.4 is 9.04 Å². The standard InChI is InChI=1S/C19H20N2O4S/c1-4-21(16-8-6-5-7-9-16)26(22,23)19-13-15(10-11-17(19)24-3)18-12-14(2)20-25-18/h5-13H,4H2,1-3H3. The smallest absolute Gasteiger partial charge is 0.268 e. The van der Waals surface area contributed by atoms with Crippen molar-refractivity contribution in [3.05, 3.63) is 60.3 Å². The average molecular weight is 372 g/mol. The number of nitrogens with zero attached hydrogens (tertiary/aromatic N) is 2. The lowest BCUT2D eigenvalue weighted by Crippen LogP contribution is -2.31. The van der Waals surface area contributed by atoms with Crippen molar-refractivity contribution < 1.29 is 17.7 Å². The molecule has 0 fully saturated rings. The number of rotatable bonds is 6. The van der Waals surface area contributed by atoms with E-state index in [-0.39, 0.29) is 10.6 Å². The number of anilines is 1. The molecule has 0 saturated carbocycles. The number of benzene rings is 2. The summed E-state index contributed by atoms with van der Waals surface area (Å²) in [5.41, 5.74) is 1.94. The van der Waals surface area contributed by atoms with Crippen LogP contribution in [0.4, 0.5) is 5.69 Å². The van der Waals surface area contributed by atoms with Crippen molar-refractivity contribution in [3.63, 3.8) is 0 Å². The number of ether oxygens (including phenoxy) is 1. The fourth-order valence-electron chi connectivity index (χ4n) is 2.74. The van der Waals surface area contributed by atoms with Crippen LogP contribution in [0.15, 0.2) is 64.0 Å². The van der Waals surface area contributed by atoms with Crippen LogP contribution >= 0.6 is 0 Å². The molecule has 0 spiro atoms.